The third-order valence-electron chi connectivity index (χ3n) is 3.36. The molecule has 1 aromatic carbocycles. The number of oxime groups is 1. The van der Waals surface area contributed by atoms with Crippen molar-refractivity contribution in [3.05, 3.63) is 51.7 Å². The van der Waals surface area contributed by atoms with Crippen molar-refractivity contribution in [3.63, 3.8) is 0 Å². The number of hydrogen-bond acceptors (Lipinski definition) is 4. The Balaban J connectivity index is 1.71. The van der Waals surface area contributed by atoms with Gasteiger partial charge in [0.25, 0.3) is 0 Å². The van der Waals surface area contributed by atoms with Gasteiger partial charge in [-0.2, -0.15) is 0 Å². The highest BCUT2D eigenvalue weighted by Gasteiger charge is 2.21. The molecule has 0 bridgehead atoms. The summed E-state index contributed by atoms with van der Waals surface area (Å²) in [6.07, 6.45) is 2.61. The molecule has 0 spiro atoms. The molecule has 4 heteroatoms. The van der Waals surface area contributed by atoms with Gasteiger partial charge in [0.1, 0.15) is 5.75 Å². The van der Waals surface area contributed by atoms with Crippen LogP contribution in [-0.2, 0) is 12.8 Å². The fourth-order valence-electron chi connectivity index (χ4n) is 2.43. The van der Waals surface area contributed by atoms with Gasteiger partial charge in [-0.1, -0.05) is 23.4 Å². The van der Waals surface area contributed by atoms with Gasteiger partial charge in [-0.15, -0.1) is 11.3 Å². The summed E-state index contributed by atoms with van der Waals surface area (Å²) in [5.41, 5.74) is 2.95. The Morgan fingerprint density at radius 3 is 2.95 bits per heavy atom. The molecule has 0 saturated heterocycles. The lowest BCUT2D eigenvalue weighted by Crippen LogP contribution is -2.02. The number of fused-ring (bicyclic) bond motifs is 1. The van der Waals surface area contributed by atoms with Crippen LogP contribution in [0.1, 0.15) is 22.4 Å². The van der Waals surface area contributed by atoms with Crippen LogP contribution in [0, 0.1) is 0 Å². The average Bonchev–Trinajstić information content (AvgIpc) is 3.07. The molecular formula is C15H15NO2S. The first-order chi connectivity index (χ1) is 9.38. The average molecular weight is 273 g/mol. The zero-order valence-electron chi connectivity index (χ0n) is 10.5. The molecule has 0 radical (unpaired) electrons. The second-order valence-corrected chi connectivity index (χ2v) is 5.54. The van der Waals surface area contributed by atoms with Gasteiger partial charge >= 0.3 is 0 Å². The monoisotopic (exact) mass is 273 g/mol. The molecule has 3 rings (SSSR count). The van der Waals surface area contributed by atoms with Crippen molar-refractivity contribution in [1.82, 2.24) is 0 Å². The summed E-state index contributed by atoms with van der Waals surface area (Å²) in [6.45, 7) is 0.683. The van der Waals surface area contributed by atoms with Crippen LogP contribution in [0.3, 0.4) is 0 Å². The van der Waals surface area contributed by atoms with Crippen LogP contribution in [0.5, 0.6) is 5.75 Å². The molecule has 0 saturated carbocycles. The molecule has 1 aliphatic carbocycles. The Morgan fingerprint density at radius 1 is 1.21 bits per heavy atom. The first kappa shape index (κ1) is 12.2. The van der Waals surface area contributed by atoms with Gasteiger partial charge in [0.05, 0.1) is 12.3 Å². The van der Waals surface area contributed by atoms with E-state index in [2.05, 4.69) is 22.7 Å². The van der Waals surface area contributed by atoms with E-state index in [1.165, 1.54) is 10.4 Å². The molecule has 1 N–H and O–H groups in total. The third-order valence-corrected chi connectivity index (χ3v) is 4.30. The molecule has 1 heterocycles. The lowest BCUT2D eigenvalue weighted by molar-refractivity contribution is 0.318. The van der Waals surface area contributed by atoms with Crippen LogP contribution in [-0.4, -0.2) is 17.5 Å². The lowest BCUT2D eigenvalue weighted by atomic mass is 10.1. The molecule has 1 aromatic heterocycles. The van der Waals surface area contributed by atoms with Crippen molar-refractivity contribution in [2.24, 2.45) is 5.16 Å². The summed E-state index contributed by atoms with van der Waals surface area (Å²) < 4.78 is 5.89. The van der Waals surface area contributed by atoms with Crippen molar-refractivity contribution < 1.29 is 9.94 Å². The van der Waals surface area contributed by atoms with Crippen LogP contribution >= 0.6 is 11.3 Å². The smallest absolute Gasteiger partial charge is 0.123 e. The van der Waals surface area contributed by atoms with Crippen LogP contribution in [0.15, 0.2) is 40.9 Å². The van der Waals surface area contributed by atoms with E-state index in [0.717, 1.165) is 36.3 Å². The number of thiophene rings is 1. The Morgan fingerprint density at radius 2 is 2.16 bits per heavy atom. The molecule has 3 nitrogen and oxygen atoms in total. The van der Waals surface area contributed by atoms with E-state index in [4.69, 9.17) is 9.94 Å². The maximum atomic E-state index is 8.95. The maximum Gasteiger partial charge on any atom is 0.123 e. The van der Waals surface area contributed by atoms with Crippen LogP contribution < -0.4 is 4.74 Å². The summed E-state index contributed by atoms with van der Waals surface area (Å²) in [6, 6.07) is 10.1. The van der Waals surface area contributed by atoms with Gasteiger partial charge in [-0.05, 0) is 30.4 Å². The summed E-state index contributed by atoms with van der Waals surface area (Å²) in [5.74, 6) is 0.924. The van der Waals surface area contributed by atoms with Crippen molar-refractivity contribution in [2.75, 3.05) is 6.61 Å². The van der Waals surface area contributed by atoms with Gasteiger partial charge in [-0.25, -0.2) is 0 Å². The minimum atomic E-state index is 0.683. The fourth-order valence-corrected chi connectivity index (χ4v) is 3.12. The highest BCUT2D eigenvalue weighted by Crippen LogP contribution is 2.31. The zero-order chi connectivity index (χ0) is 13.1. The molecule has 0 amide bonds. The molecule has 0 aliphatic heterocycles. The predicted molar refractivity (Wildman–Crippen MR) is 76.6 cm³/mol. The number of ether oxygens (including phenoxy) is 1. The summed E-state index contributed by atoms with van der Waals surface area (Å²) in [7, 11) is 0. The molecule has 0 atom stereocenters. The number of rotatable bonds is 4. The highest BCUT2D eigenvalue weighted by molar-refractivity contribution is 7.09. The van der Waals surface area contributed by atoms with Crippen molar-refractivity contribution in [1.29, 1.82) is 0 Å². The van der Waals surface area contributed by atoms with E-state index in [1.807, 2.05) is 18.2 Å². The van der Waals surface area contributed by atoms with Crippen molar-refractivity contribution in [3.8, 4) is 5.75 Å². The van der Waals surface area contributed by atoms with E-state index in [-0.39, 0.29) is 0 Å². The van der Waals surface area contributed by atoms with Gasteiger partial charge in [0.2, 0.25) is 0 Å². The molecular weight excluding hydrogens is 258 g/mol. The van der Waals surface area contributed by atoms with Gasteiger partial charge in [0.15, 0.2) is 0 Å². The summed E-state index contributed by atoms with van der Waals surface area (Å²) in [5, 5.41) is 14.4. The lowest BCUT2D eigenvalue weighted by Gasteiger charge is -2.09. The minimum absolute atomic E-state index is 0.683. The largest absolute Gasteiger partial charge is 0.493 e. The molecule has 98 valence electrons. The normalized spacial score (nSPS) is 15.7. The topological polar surface area (TPSA) is 41.8 Å². The Bertz CT molecular complexity index is 590. The van der Waals surface area contributed by atoms with Gasteiger partial charge in [-0.3, -0.25) is 0 Å². The zero-order valence-corrected chi connectivity index (χ0v) is 11.3. The number of hydrogen-bond donors (Lipinski definition) is 1. The van der Waals surface area contributed by atoms with Crippen LogP contribution in [0.2, 0.25) is 0 Å². The van der Waals surface area contributed by atoms with Crippen LogP contribution in [0.25, 0.3) is 0 Å². The molecule has 2 aromatic rings. The highest BCUT2D eigenvalue weighted by atomic mass is 32.1. The second-order valence-electron chi connectivity index (χ2n) is 4.51. The summed E-state index contributed by atoms with van der Waals surface area (Å²) in [4.78, 5) is 1.34. The first-order valence-electron chi connectivity index (χ1n) is 6.37. The maximum absolute atomic E-state index is 8.95. The Kier molecular flexibility index (Phi) is 3.51. The molecule has 19 heavy (non-hydrogen) atoms. The van der Waals surface area contributed by atoms with Crippen molar-refractivity contribution in [2.45, 2.75) is 19.3 Å². The van der Waals surface area contributed by atoms with Crippen molar-refractivity contribution >= 4 is 17.0 Å². The van der Waals surface area contributed by atoms with Crippen LogP contribution in [0.4, 0.5) is 0 Å². The second kappa shape index (κ2) is 5.45. The quantitative estimate of drug-likeness (QED) is 0.684. The van der Waals surface area contributed by atoms with E-state index in [0.29, 0.717) is 6.61 Å². The first-order valence-corrected chi connectivity index (χ1v) is 7.25. The predicted octanol–water partition coefficient (Wildman–Crippen LogP) is 3.49. The number of nitrogens with zero attached hydrogens (tertiary/aromatic N) is 1. The van der Waals surface area contributed by atoms with E-state index in [9.17, 15) is 0 Å². The minimum Gasteiger partial charge on any atom is -0.493 e. The summed E-state index contributed by atoms with van der Waals surface area (Å²) >= 11 is 1.76. The van der Waals surface area contributed by atoms with E-state index >= 15 is 0 Å². The van der Waals surface area contributed by atoms with Gasteiger partial charge in [0, 0.05) is 22.4 Å². The third kappa shape index (κ3) is 2.49. The fraction of sp³-hybridized carbons (Fsp3) is 0.267. The van der Waals surface area contributed by atoms with E-state index < -0.39 is 0 Å². The Hall–Kier alpha value is -1.81. The SMILES string of the molecule is ON=C1CCc2c(OCCc3cccs3)cccc21. The van der Waals surface area contributed by atoms with Gasteiger partial charge < -0.3 is 9.94 Å². The molecule has 0 unspecified atom stereocenters. The molecule has 1 aliphatic rings. The van der Waals surface area contributed by atoms with E-state index in [1.54, 1.807) is 11.3 Å². The Labute approximate surface area is 116 Å². The standard InChI is InChI=1S/C15H15NO2S/c17-16-14-7-6-13-12(14)4-1-5-15(13)18-9-8-11-3-2-10-19-11/h1-5,10,17H,6-9H2. The number of benzene rings is 1. The molecule has 0 fully saturated rings.